The number of carbonyl (C=O) groups is 2. The summed E-state index contributed by atoms with van der Waals surface area (Å²) in [4.78, 5) is 24.8. The first kappa shape index (κ1) is 27.5. The summed E-state index contributed by atoms with van der Waals surface area (Å²) in [5.41, 5.74) is 4.62. The largest absolute Gasteiger partial charge is 0.493 e. The molecule has 2 aromatic rings. The maximum atomic E-state index is 13.1. The van der Waals surface area contributed by atoms with Gasteiger partial charge in [0.2, 0.25) is 0 Å². The number of carbonyl (C=O) groups excluding carboxylic acids is 1. The normalized spacial score (nSPS) is 14.4. The van der Waals surface area contributed by atoms with Crippen molar-refractivity contribution in [3.63, 3.8) is 0 Å². The fourth-order valence-corrected chi connectivity index (χ4v) is 5.23. The summed E-state index contributed by atoms with van der Waals surface area (Å²) in [6.45, 7) is 12.0. The van der Waals surface area contributed by atoms with Gasteiger partial charge in [-0.05, 0) is 101 Å². The van der Waals surface area contributed by atoms with Crippen molar-refractivity contribution in [3.05, 3.63) is 63.2 Å². The van der Waals surface area contributed by atoms with Crippen LogP contribution in [0.4, 0.5) is 0 Å². The number of benzene rings is 2. The monoisotopic (exact) mass is 492 g/mol. The summed E-state index contributed by atoms with van der Waals surface area (Å²) in [6, 6.07) is 5.52. The number of ketones is 1. The standard InChI is InChI=1S/C31H40O5/c1-19(2)36-30-23(6)28(31(33)34)20(3)16-25(30)12-13-27(32)26-17-21(4)29(22(5)18-26)35-15-14-24-10-8-7-9-11-24/h12-13,16-19,24H,7-11,14-15H2,1-6H3,(H,33,34). The molecule has 0 atom stereocenters. The van der Waals surface area contributed by atoms with Crippen LogP contribution in [0.25, 0.3) is 6.08 Å². The molecule has 5 nitrogen and oxygen atoms in total. The van der Waals surface area contributed by atoms with E-state index in [4.69, 9.17) is 9.47 Å². The predicted molar refractivity (Wildman–Crippen MR) is 145 cm³/mol. The molecule has 0 aromatic heterocycles. The number of hydrogen-bond donors (Lipinski definition) is 1. The molecule has 194 valence electrons. The Morgan fingerprint density at radius 1 is 0.972 bits per heavy atom. The van der Waals surface area contributed by atoms with E-state index in [1.165, 1.54) is 38.2 Å². The van der Waals surface area contributed by atoms with Crippen molar-refractivity contribution in [3.8, 4) is 11.5 Å². The fraction of sp³-hybridized carbons (Fsp3) is 0.484. The molecule has 0 radical (unpaired) electrons. The summed E-state index contributed by atoms with van der Waals surface area (Å²) in [5.74, 6) is 1.02. The molecule has 2 aromatic carbocycles. The van der Waals surface area contributed by atoms with Gasteiger partial charge >= 0.3 is 5.97 Å². The van der Waals surface area contributed by atoms with Crippen molar-refractivity contribution < 1.29 is 24.2 Å². The van der Waals surface area contributed by atoms with Gasteiger partial charge in [-0.2, -0.15) is 0 Å². The van der Waals surface area contributed by atoms with E-state index in [9.17, 15) is 14.7 Å². The van der Waals surface area contributed by atoms with Gasteiger partial charge in [0, 0.05) is 16.7 Å². The topological polar surface area (TPSA) is 72.8 Å². The molecule has 1 N–H and O–H groups in total. The summed E-state index contributed by atoms with van der Waals surface area (Å²) < 4.78 is 12.1. The third-order valence-electron chi connectivity index (χ3n) is 6.97. The van der Waals surface area contributed by atoms with Gasteiger partial charge in [-0.15, -0.1) is 0 Å². The second-order valence-electron chi connectivity index (χ2n) is 10.4. The molecule has 0 spiro atoms. The highest BCUT2D eigenvalue weighted by atomic mass is 16.5. The van der Waals surface area contributed by atoms with Crippen LogP contribution >= 0.6 is 0 Å². The fourth-order valence-electron chi connectivity index (χ4n) is 5.23. The Morgan fingerprint density at radius 3 is 2.19 bits per heavy atom. The molecule has 3 rings (SSSR count). The van der Waals surface area contributed by atoms with Crippen LogP contribution in [-0.2, 0) is 0 Å². The molecule has 1 aliphatic carbocycles. The van der Waals surface area contributed by atoms with E-state index >= 15 is 0 Å². The van der Waals surface area contributed by atoms with Crippen LogP contribution in [0.5, 0.6) is 11.5 Å². The highest BCUT2D eigenvalue weighted by molar-refractivity contribution is 6.07. The first-order valence-corrected chi connectivity index (χ1v) is 13.1. The minimum Gasteiger partial charge on any atom is -0.493 e. The van der Waals surface area contributed by atoms with Crippen LogP contribution in [-0.4, -0.2) is 29.6 Å². The second kappa shape index (κ2) is 12.2. The van der Waals surface area contributed by atoms with Gasteiger partial charge in [0.1, 0.15) is 11.5 Å². The van der Waals surface area contributed by atoms with Crippen molar-refractivity contribution in [1.82, 2.24) is 0 Å². The average Bonchev–Trinajstić information content (AvgIpc) is 2.81. The molecule has 0 saturated heterocycles. The summed E-state index contributed by atoms with van der Waals surface area (Å²) in [6.07, 6.45) is 10.8. The molecule has 1 aliphatic rings. The smallest absolute Gasteiger partial charge is 0.336 e. The van der Waals surface area contributed by atoms with Crippen LogP contribution in [0.1, 0.15) is 101 Å². The predicted octanol–water partition coefficient (Wildman–Crippen LogP) is 7.65. The molecule has 1 fully saturated rings. The van der Waals surface area contributed by atoms with E-state index in [1.807, 2.05) is 39.8 Å². The number of aryl methyl sites for hydroxylation is 3. The third kappa shape index (κ3) is 6.77. The van der Waals surface area contributed by atoms with E-state index in [0.717, 1.165) is 29.2 Å². The van der Waals surface area contributed by atoms with Crippen LogP contribution in [0.3, 0.4) is 0 Å². The molecule has 0 amide bonds. The SMILES string of the molecule is Cc1cc(C(=O)C=Cc2cc(C)c(C(=O)O)c(C)c2OC(C)C)cc(C)c1OCCC1CCCCC1. The average molecular weight is 493 g/mol. The van der Waals surface area contributed by atoms with Crippen molar-refractivity contribution >= 4 is 17.8 Å². The zero-order chi connectivity index (χ0) is 26.4. The van der Waals surface area contributed by atoms with Crippen LogP contribution < -0.4 is 9.47 Å². The van der Waals surface area contributed by atoms with Gasteiger partial charge in [0.25, 0.3) is 0 Å². The van der Waals surface area contributed by atoms with E-state index in [1.54, 1.807) is 26.0 Å². The van der Waals surface area contributed by atoms with Gasteiger partial charge in [0.15, 0.2) is 5.78 Å². The lowest BCUT2D eigenvalue weighted by atomic mass is 9.87. The number of ether oxygens (including phenoxy) is 2. The zero-order valence-corrected chi connectivity index (χ0v) is 22.6. The van der Waals surface area contributed by atoms with Crippen molar-refractivity contribution in [2.75, 3.05) is 6.61 Å². The Hall–Kier alpha value is -3.08. The minimum atomic E-state index is -0.989. The lowest BCUT2D eigenvalue weighted by molar-refractivity contribution is 0.0694. The second-order valence-corrected chi connectivity index (χ2v) is 10.4. The quantitative estimate of drug-likeness (QED) is 0.272. The molecule has 5 heteroatoms. The maximum Gasteiger partial charge on any atom is 0.336 e. The Labute approximate surface area is 215 Å². The number of hydrogen-bond acceptors (Lipinski definition) is 4. The van der Waals surface area contributed by atoms with Gasteiger partial charge in [0.05, 0.1) is 18.3 Å². The van der Waals surface area contributed by atoms with Crippen LogP contribution in [0.15, 0.2) is 24.3 Å². The Balaban J connectivity index is 1.78. The molecule has 0 heterocycles. The van der Waals surface area contributed by atoms with E-state index in [2.05, 4.69) is 0 Å². The third-order valence-corrected chi connectivity index (χ3v) is 6.97. The summed E-state index contributed by atoms with van der Waals surface area (Å²) in [7, 11) is 0. The molecule has 0 bridgehead atoms. The molecule has 0 unspecified atom stereocenters. The lowest BCUT2D eigenvalue weighted by Crippen LogP contribution is -2.12. The van der Waals surface area contributed by atoms with Crippen molar-refractivity contribution in [2.45, 2.75) is 86.2 Å². The lowest BCUT2D eigenvalue weighted by Gasteiger charge is -2.22. The number of aromatic carboxylic acids is 1. The van der Waals surface area contributed by atoms with E-state index < -0.39 is 5.97 Å². The Bertz CT molecular complexity index is 1110. The Kier molecular flexibility index (Phi) is 9.36. The first-order valence-electron chi connectivity index (χ1n) is 13.1. The molecular weight excluding hydrogens is 452 g/mol. The first-order chi connectivity index (χ1) is 17.1. The highest BCUT2D eigenvalue weighted by Gasteiger charge is 2.19. The van der Waals surface area contributed by atoms with Crippen LogP contribution in [0, 0.1) is 33.6 Å². The highest BCUT2D eigenvalue weighted by Crippen LogP contribution is 2.32. The molecular formula is C31H40O5. The van der Waals surface area contributed by atoms with Crippen LogP contribution in [0.2, 0.25) is 0 Å². The van der Waals surface area contributed by atoms with Gasteiger partial charge in [-0.1, -0.05) is 32.1 Å². The summed E-state index contributed by atoms with van der Waals surface area (Å²) >= 11 is 0. The maximum absolute atomic E-state index is 13.1. The number of carboxylic acids is 1. The van der Waals surface area contributed by atoms with Gasteiger partial charge in [-0.25, -0.2) is 4.79 Å². The van der Waals surface area contributed by atoms with Crippen molar-refractivity contribution in [1.29, 1.82) is 0 Å². The summed E-state index contributed by atoms with van der Waals surface area (Å²) in [5, 5.41) is 9.62. The zero-order valence-electron chi connectivity index (χ0n) is 22.6. The minimum absolute atomic E-state index is 0.122. The van der Waals surface area contributed by atoms with Crippen molar-refractivity contribution in [2.24, 2.45) is 5.92 Å². The van der Waals surface area contributed by atoms with E-state index in [0.29, 0.717) is 34.6 Å². The number of allylic oxidation sites excluding steroid dienone is 1. The van der Waals surface area contributed by atoms with E-state index in [-0.39, 0.29) is 17.5 Å². The van der Waals surface area contributed by atoms with Gasteiger partial charge < -0.3 is 14.6 Å². The number of carboxylic acid groups (broad SMARTS) is 1. The number of rotatable bonds is 10. The molecule has 0 aliphatic heterocycles. The Morgan fingerprint density at radius 2 is 1.61 bits per heavy atom. The molecule has 36 heavy (non-hydrogen) atoms. The van der Waals surface area contributed by atoms with Gasteiger partial charge in [-0.3, -0.25) is 4.79 Å². The molecule has 1 saturated carbocycles.